The van der Waals surface area contributed by atoms with E-state index >= 15 is 0 Å². The molecule has 0 spiro atoms. The van der Waals surface area contributed by atoms with Crippen LogP contribution in [0.3, 0.4) is 0 Å². The van der Waals surface area contributed by atoms with Crippen molar-refractivity contribution in [2.24, 2.45) is 0 Å². The van der Waals surface area contributed by atoms with Gasteiger partial charge in [-0.2, -0.15) is 0 Å². The summed E-state index contributed by atoms with van der Waals surface area (Å²) in [6, 6.07) is 17.8. The average Bonchev–Trinajstić information content (AvgIpc) is 2.65. The normalized spacial score (nSPS) is 10.5. The molecule has 0 aliphatic carbocycles. The molecular weight excluding hydrogens is 354 g/mol. The van der Waals surface area contributed by atoms with Crippen LogP contribution in [0.2, 0.25) is 5.15 Å². The lowest BCUT2D eigenvalue weighted by Gasteiger charge is -2.14. The Labute approximate surface area is 156 Å². The number of rotatable bonds is 6. The first-order chi connectivity index (χ1) is 12.2. The van der Waals surface area contributed by atoms with Crippen LogP contribution in [-0.2, 0) is 6.42 Å². The van der Waals surface area contributed by atoms with Crippen molar-refractivity contribution in [3.05, 3.63) is 70.9 Å². The molecule has 25 heavy (non-hydrogen) atoms. The third-order valence-electron chi connectivity index (χ3n) is 3.70. The number of halogens is 1. The second-order valence-electron chi connectivity index (χ2n) is 5.34. The summed E-state index contributed by atoms with van der Waals surface area (Å²) in [5.41, 5.74) is 2.94. The minimum Gasteiger partial charge on any atom is -0.497 e. The zero-order valence-corrected chi connectivity index (χ0v) is 15.6. The minimum atomic E-state index is 0.466. The number of methoxy groups -OCH3 is 1. The second-order valence-corrected chi connectivity index (χ2v) is 6.48. The highest BCUT2D eigenvalue weighted by Crippen LogP contribution is 2.29. The SMILES string of the molecule is COc1ccc(Cc2c(Cl)nc(SC)nc2Nc2ccccc2)cc1. The molecule has 1 aromatic heterocycles. The lowest BCUT2D eigenvalue weighted by Crippen LogP contribution is -2.04. The smallest absolute Gasteiger partial charge is 0.190 e. The van der Waals surface area contributed by atoms with E-state index in [1.165, 1.54) is 11.8 Å². The standard InChI is InChI=1S/C19H18ClN3OS/c1-24-15-10-8-13(9-11-15)12-16-17(20)22-19(25-2)23-18(16)21-14-6-4-3-5-7-14/h3-11H,12H2,1-2H3,(H,21,22,23). The predicted octanol–water partition coefficient (Wildman–Crippen LogP) is 5.19. The van der Waals surface area contributed by atoms with Crippen LogP contribution in [0.4, 0.5) is 11.5 Å². The van der Waals surface area contributed by atoms with Crippen molar-refractivity contribution in [3.8, 4) is 5.75 Å². The first-order valence-electron chi connectivity index (χ1n) is 7.75. The summed E-state index contributed by atoms with van der Waals surface area (Å²) in [6.45, 7) is 0. The van der Waals surface area contributed by atoms with E-state index in [9.17, 15) is 0 Å². The number of ether oxygens (including phenoxy) is 1. The Hall–Kier alpha value is -2.24. The lowest BCUT2D eigenvalue weighted by molar-refractivity contribution is 0.414. The van der Waals surface area contributed by atoms with Crippen LogP contribution >= 0.6 is 23.4 Å². The molecule has 0 aliphatic rings. The van der Waals surface area contributed by atoms with Gasteiger partial charge in [-0.25, -0.2) is 9.97 Å². The third-order valence-corrected chi connectivity index (χ3v) is 4.56. The molecule has 1 N–H and O–H groups in total. The van der Waals surface area contributed by atoms with Crippen LogP contribution in [0.15, 0.2) is 59.8 Å². The van der Waals surface area contributed by atoms with Gasteiger partial charge in [-0.3, -0.25) is 0 Å². The van der Waals surface area contributed by atoms with Crippen LogP contribution in [0.25, 0.3) is 0 Å². The summed E-state index contributed by atoms with van der Waals surface area (Å²) in [5, 5.41) is 4.46. The summed E-state index contributed by atoms with van der Waals surface area (Å²) < 4.78 is 5.21. The van der Waals surface area contributed by atoms with Gasteiger partial charge in [0.25, 0.3) is 0 Å². The molecule has 0 aliphatic heterocycles. The van der Waals surface area contributed by atoms with Crippen LogP contribution in [0.5, 0.6) is 5.75 Å². The van der Waals surface area contributed by atoms with Crippen molar-refractivity contribution in [2.45, 2.75) is 11.6 Å². The number of aromatic nitrogens is 2. The van der Waals surface area contributed by atoms with Crippen molar-refractivity contribution >= 4 is 34.9 Å². The van der Waals surface area contributed by atoms with Gasteiger partial charge in [0.2, 0.25) is 0 Å². The zero-order valence-electron chi connectivity index (χ0n) is 14.0. The fourth-order valence-corrected chi connectivity index (χ4v) is 3.05. The minimum absolute atomic E-state index is 0.466. The van der Waals surface area contributed by atoms with E-state index in [-0.39, 0.29) is 0 Å². The number of para-hydroxylation sites is 1. The Morgan fingerprint density at radius 3 is 2.40 bits per heavy atom. The molecule has 0 bridgehead atoms. The number of hydrogen-bond donors (Lipinski definition) is 1. The number of nitrogens with zero attached hydrogens (tertiary/aromatic N) is 2. The molecule has 0 atom stereocenters. The molecule has 0 saturated heterocycles. The van der Waals surface area contributed by atoms with Crippen LogP contribution in [0.1, 0.15) is 11.1 Å². The fourth-order valence-electron chi connectivity index (χ4n) is 2.39. The fraction of sp³-hybridized carbons (Fsp3) is 0.158. The quantitative estimate of drug-likeness (QED) is 0.367. The van der Waals surface area contributed by atoms with Crippen molar-refractivity contribution in [2.75, 3.05) is 18.7 Å². The topological polar surface area (TPSA) is 47.0 Å². The van der Waals surface area contributed by atoms with E-state index in [2.05, 4.69) is 15.3 Å². The van der Waals surface area contributed by atoms with Gasteiger partial charge in [0.05, 0.1) is 7.11 Å². The molecule has 2 aromatic carbocycles. The first-order valence-corrected chi connectivity index (χ1v) is 9.35. The molecule has 128 valence electrons. The maximum absolute atomic E-state index is 6.46. The molecule has 1 heterocycles. The Bertz CT molecular complexity index is 841. The van der Waals surface area contributed by atoms with Gasteiger partial charge in [0, 0.05) is 17.7 Å². The van der Waals surface area contributed by atoms with Crippen LogP contribution < -0.4 is 10.1 Å². The second kappa shape index (κ2) is 8.23. The van der Waals surface area contributed by atoms with Crippen molar-refractivity contribution < 1.29 is 4.74 Å². The van der Waals surface area contributed by atoms with Gasteiger partial charge in [0.1, 0.15) is 16.7 Å². The highest BCUT2D eigenvalue weighted by molar-refractivity contribution is 7.98. The number of benzene rings is 2. The van der Waals surface area contributed by atoms with Crippen LogP contribution in [-0.4, -0.2) is 23.3 Å². The van der Waals surface area contributed by atoms with E-state index in [0.29, 0.717) is 16.7 Å². The number of thioether (sulfide) groups is 1. The molecule has 0 unspecified atom stereocenters. The average molecular weight is 372 g/mol. The Morgan fingerprint density at radius 2 is 1.76 bits per heavy atom. The number of nitrogens with one attached hydrogen (secondary N) is 1. The summed E-state index contributed by atoms with van der Waals surface area (Å²) >= 11 is 7.92. The van der Waals surface area contributed by atoms with E-state index in [4.69, 9.17) is 16.3 Å². The lowest BCUT2D eigenvalue weighted by atomic mass is 10.1. The highest BCUT2D eigenvalue weighted by Gasteiger charge is 2.14. The van der Waals surface area contributed by atoms with Gasteiger partial charge < -0.3 is 10.1 Å². The molecule has 6 heteroatoms. The highest BCUT2D eigenvalue weighted by atomic mass is 35.5. The number of hydrogen-bond acceptors (Lipinski definition) is 5. The van der Waals surface area contributed by atoms with E-state index in [1.807, 2.05) is 60.9 Å². The van der Waals surface area contributed by atoms with E-state index in [1.54, 1.807) is 7.11 Å². The van der Waals surface area contributed by atoms with Gasteiger partial charge in [-0.15, -0.1) is 0 Å². The van der Waals surface area contributed by atoms with Crippen molar-refractivity contribution in [3.63, 3.8) is 0 Å². The van der Waals surface area contributed by atoms with Crippen LogP contribution in [0, 0.1) is 0 Å². The molecule has 0 radical (unpaired) electrons. The Kier molecular flexibility index (Phi) is 5.79. The van der Waals surface area contributed by atoms with Crippen molar-refractivity contribution in [1.29, 1.82) is 0 Å². The summed E-state index contributed by atoms with van der Waals surface area (Å²) in [6.07, 6.45) is 2.56. The monoisotopic (exact) mass is 371 g/mol. The molecule has 3 rings (SSSR count). The van der Waals surface area contributed by atoms with E-state index < -0.39 is 0 Å². The number of anilines is 2. The molecular formula is C19H18ClN3OS. The zero-order chi connectivity index (χ0) is 17.6. The first kappa shape index (κ1) is 17.6. The summed E-state index contributed by atoms with van der Waals surface area (Å²) in [4.78, 5) is 8.99. The molecule has 3 aromatic rings. The Balaban J connectivity index is 1.95. The van der Waals surface area contributed by atoms with Gasteiger partial charge in [-0.1, -0.05) is 53.7 Å². The van der Waals surface area contributed by atoms with Crippen molar-refractivity contribution in [1.82, 2.24) is 9.97 Å². The molecule has 0 fully saturated rings. The maximum atomic E-state index is 6.46. The van der Waals surface area contributed by atoms with E-state index in [0.717, 1.165) is 28.4 Å². The maximum Gasteiger partial charge on any atom is 0.190 e. The van der Waals surface area contributed by atoms with Gasteiger partial charge in [-0.05, 0) is 36.1 Å². The van der Waals surface area contributed by atoms with Gasteiger partial charge in [0.15, 0.2) is 5.16 Å². The van der Waals surface area contributed by atoms with Gasteiger partial charge >= 0.3 is 0 Å². The predicted molar refractivity (Wildman–Crippen MR) is 104 cm³/mol. The third kappa shape index (κ3) is 4.44. The molecule has 4 nitrogen and oxygen atoms in total. The summed E-state index contributed by atoms with van der Waals surface area (Å²) in [7, 11) is 1.66. The molecule has 0 amide bonds. The largest absolute Gasteiger partial charge is 0.497 e. The Morgan fingerprint density at radius 1 is 1.04 bits per heavy atom. The summed E-state index contributed by atoms with van der Waals surface area (Å²) in [5.74, 6) is 1.55. The molecule has 0 saturated carbocycles.